The first-order valence-corrected chi connectivity index (χ1v) is 4.81. The fourth-order valence-electron chi connectivity index (χ4n) is 1.01. The molecule has 1 aromatic rings. The molecule has 1 rings (SSSR count). The van der Waals surface area contributed by atoms with E-state index in [1.54, 1.807) is 13.0 Å². The molecule has 70 valence electrons. The number of aldehydes is 1. The fourth-order valence-corrected chi connectivity index (χ4v) is 1.50. The largest absolute Gasteiger partial charge is 0.507 e. The molecule has 1 aromatic carbocycles. The predicted octanol–water partition coefficient (Wildman–Crippen LogP) is 2.00. The van der Waals surface area contributed by atoms with Crippen LogP contribution >= 0.6 is 22.6 Å². The summed E-state index contributed by atoms with van der Waals surface area (Å²) in [6.07, 6.45) is 0.752. The van der Waals surface area contributed by atoms with Crippen LogP contribution in [0, 0.1) is 3.57 Å². The van der Waals surface area contributed by atoms with Gasteiger partial charge in [-0.2, -0.15) is 0 Å². The summed E-state index contributed by atoms with van der Waals surface area (Å²) in [6.45, 7) is 1.69. The van der Waals surface area contributed by atoms with Gasteiger partial charge in [0.05, 0.1) is 3.57 Å². The molecule has 3 nitrogen and oxygen atoms in total. The van der Waals surface area contributed by atoms with Crippen LogP contribution in [0.5, 0.6) is 11.5 Å². The van der Waals surface area contributed by atoms with Crippen LogP contribution in [-0.4, -0.2) is 16.5 Å². The second-order valence-corrected chi connectivity index (χ2v) is 3.84. The highest BCUT2D eigenvalue weighted by molar-refractivity contribution is 14.1. The number of carbonyl (C=O) groups is 1. The smallest absolute Gasteiger partial charge is 0.136 e. The summed E-state index contributed by atoms with van der Waals surface area (Å²) >= 11 is 1.83. The van der Waals surface area contributed by atoms with Gasteiger partial charge in [-0.1, -0.05) is 13.0 Å². The maximum Gasteiger partial charge on any atom is 0.136 e. The summed E-state index contributed by atoms with van der Waals surface area (Å²) in [4.78, 5) is 10.5. The van der Waals surface area contributed by atoms with Gasteiger partial charge in [0.15, 0.2) is 0 Å². The second-order valence-electron chi connectivity index (χ2n) is 2.76. The Hall–Kier alpha value is -0.780. The number of hydrogen-bond acceptors (Lipinski definition) is 3. The molecule has 13 heavy (non-hydrogen) atoms. The first-order chi connectivity index (χ1) is 6.07. The maximum absolute atomic E-state index is 10.5. The van der Waals surface area contributed by atoms with Crippen LogP contribution in [0.25, 0.3) is 0 Å². The number of halogens is 1. The van der Waals surface area contributed by atoms with Gasteiger partial charge in [-0.3, -0.25) is 0 Å². The van der Waals surface area contributed by atoms with Gasteiger partial charge in [-0.05, 0) is 28.7 Å². The molecule has 4 heteroatoms. The van der Waals surface area contributed by atoms with Crippen LogP contribution in [0.2, 0.25) is 0 Å². The van der Waals surface area contributed by atoms with Crippen LogP contribution in [0.3, 0.4) is 0 Å². The minimum absolute atomic E-state index is 0.0137. The van der Waals surface area contributed by atoms with Crippen molar-refractivity contribution in [2.75, 3.05) is 0 Å². The average molecular weight is 292 g/mol. The third-order valence-corrected chi connectivity index (χ3v) is 2.89. The van der Waals surface area contributed by atoms with Crippen molar-refractivity contribution >= 4 is 28.9 Å². The summed E-state index contributed by atoms with van der Waals surface area (Å²) in [5.74, 6) is -0.339. The molecule has 0 aliphatic carbocycles. The molecule has 0 spiro atoms. The van der Waals surface area contributed by atoms with Crippen molar-refractivity contribution in [2.24, 2.45) is 0 Å². The third-order valence-electron chi connectivity index (χ3n) is 1.82. The van der Waals surface area contributed by atoms with E-state index in [9.17, 15) is 15.0 Å². The lowest BCUT2D eigenvalue weighted by atomic mass is 10.0. The van der Waals surface area contributed by atoms with E-state index in [0.29, 0.717) is 9.13 Å². The summed E-state index contributed by atoms with van der Waals surface area (Å²) in [7, 11) is 0. The van der Waals surface area contributed by atoms with Crippen molar-refractivity contribution in [3.05, 3.63) is 21.3 Å². The lowest BCUT2D eigenvalue weighted by Gasteiger charge is -2.09. The zero-order chi connectivity index (χ0) is 10.0. The monoisotopic (exact) mass is 292 g/mol. The number of phenolic OH excluding ortho intramolecular Hbond substituents is 2. The molecule has 1 unspecified atom stereocenters. The summed E-state index contributed by atoms with van der Waals surface area (Å²) < 4.78 is 0.379. The molecule has 0 aliphatic heterocycles. The fraction of sp³-hybridized carbons (Fsp3) is 0.222. The van der Waals surface area contributed by atoms with Crippen molar-refractivity contribution in [2.45, 2.75) is 12.8 Å². The van der Waals surface area contributed by atoms with Gasteiger partial charge >= 0.3 is 0 Å². The Labute approximate surface area is 89.5 Å². The maximum atomic E-state index is 10.5. The minimum atomic E-state index is -0.353. The molecular formula is C9H9IO3. The van der Waals surface area contributed by atoms with Gasteiger partial charge < -0.3 is 15.0 Å². The van der Waals surface area contributed by atoms with Gasteiger partial charge in [-0.15, -0.1) is 0 Å². The molecule has 0 amide bonds. The quantitative estimate of drug-likeness (QED) is 0.647. The number of carbonyl (C=O) groups excluding carboxylic acids is 1. The van der Waals surface area contributed by atoms with Gasteiger partial charge in [0.2, 0.25) is 0 Å². The summed E-state index contributed by atoms with van der Waals surface area (Å²) in [5, 5.41) is 18.8. The first kappa shape index (κ1) is 10.3. The Kier molecular flexibility index (Phi) is 3.13. The number of benzene rings is 1. The van der Waals surface area contributed by atoms with E-state index in [4.69, 9.17) is 0 Å². The van der Waals surface area contributed by atoms with Gasteiger partial charge in [0, 0.05) is 11.5 Å². The van der Waals surface area contributed by atoms with Gasteiger partial charge in [0.1, 0.15) is 17.8 Å². The standard InChI is InChI=1S/C9H9IO3/c1-5(4-11)6-2-3-7(12)8(10)9(6)13/h2-5,12-13H,1H3. The van der Waals surface area contributed by atoms with Crippen molar-refractivity contribution < 1.29 is 15.0 Å². The van der Waals surface area contributed by atoms with E-state index >= 15 is 0 Å². The van der Waals surface area contributed by atoms with Crippen LogP contribution in [0.1, 0.15) is 18.4 Å². The Morgan fingerprint density at radius 3 is 2.62 bits per heavy atom. The molecule has 0 aliphatic rings. The van der Waals surface area contributed by atoms with E-state index in [-0.39, 0.29) is 17.4 Å². The first-order valence-electron chi connectivity index (χ1n) is 3.73. The lowest BCUT2D eigenvalue weighted by molar-refractivity contribution is -0.108. The van der Waals surface area contributed by atoms with Crippen molar-refractivity contribution in [1.82, 2.24) is 0 Å². The summed E-state index contributed by atoms with van der Waals surface area (Å²) in [6, 6.07) is 3.02. The number of hydrogen-bond donors (Lipinski definition) is 2. The molecule has 0 fully saturated rings. The van der Waals surface area contributed by atoms with E-state index in [1.165, 1.54) is 6.07 Å². The van der Waals surface area contributed by atoms with E-state index in [2.05, 4.69) is 0 Å². The average Bonchev–Trinajstić information content (AvgIpc) is 2.13. The van der Waals surface area contributed by atoms with Crippen LogP contribution in [0.15, 0.2) is 12.1 Å². The van der Waals surface area contributed by atoms with Crippen molar-refractivity contribution in [3.63, 3.8) is 0 Å². The van der Waals surface area contributed by atoms with Gasteiger partial charge in [-0.25, -0.2) is 0 Å². The van der Waals surface area contributed by atoms with Crippen LogP contribution in [0.4, 0.5) is 0 Å². The second kappa shape index (κ2) is 3.95. The van der Waals surface area contributed by atoms with Crippen LogP contribution in [-0.2, 0) is 4.79 Å². The molecule has 0 saturated carbocycles. The van der Waals surface area contributed by atoms with E-state index < -0.39 is 0 Å². The molecule has 0 heterocycles. The number of aromatic hydroxyl groups is 2. The molecule has 0 radical (unpaired) electrons. The Balaban J connectivity index is 3.25. The molecule has 2 N–H and O–H groups in total. The molecule has 0 bridgehead atoms. The highest BCUT2D eigenvalue weighted by Gasteiger charge is 2.14. The zero-order valence-corrected chi connectivity index (χ0v) is 9.15. The topological polar surface area (TPSA) is 57.5 Å². The van der Waals surface area contributed by atoms with Crippen molar-refractivity contribution in [3.8, 4) is 11.5 Å². The molecular weight excluding hydrogens is 283 g/mol. The Morgan fingerprint density at radius 1 is 1.46 bits per heavy atom. The molecule has 0 saturated heterocycles. The SMILES string of the molecule is CC(C=O)c1ccc(O)c(I)c1O. The van der Waals surface area contributed by atoms with Crippen LogP contribution < -0.4 is 0 Å². The number of rotatable bonds is 2. The normalized spacial score (nSPS) is 12.5. The van der Waals surface area contributed by atoms with E-state index in [1.807, 2.05) is 22.6 Å². The van der Waals surface area contributed by atoms with Gasteiger partial charge in [0.25, 0.3) is 0 Å². The van der Waals surface area contributed by atoms with E-state index in [0.717, 1.165) is 6.29 Å². The van der Waals surface area contributed by atoms with Crippen molar-refractivity contribution in [1.29, 1.82) is 0 Å². The lowest BCUT2D eigenvalue weighted by Crippen LogP contribution is -1.95. The Morgan fingerprint density at radius 2 is 2.08 bits per heavy atom. The summed E-state index contributed by atoms with van der Waals surface area (Å²) in [5.41, 5.74) is 0.539. The number of phenols is 2. The minimum Gasteiger partial charge on any atom is -0.507 e. The zero-order valence-electron chi connectivity index (χ0n) is 6.99. The Bertz CT molecular complexity index is 336. The third kappa shape index (κ3) is 1.93. The highest BCUT2D eigenvalue weighted by Crippen LogP contribution is 2.34. The molecule has 0 aromatic heterocycles. The molecule has 1 atom stereocenters. The highest BCUT2D eigenvalue weighted by atomic mass is 127. The predicted molar refractivity (Wildman–Crippen MR) is 57.0 cm³/mol.